The van der Waals surface area contributed by atoms with Gasteiger partial charge in [0.05, 0.1) is 5.92 Å². The second-order valence-corrected chi connectivity index (χ2v) is 7.49. The van der Waals surface area contributed by atoms with E-state index < -0.39 is 0 Å². The van der Waals surface area contributed by atoms with E-state index in [1.165, 1.54) is 24.3 Å². The molecule has 2 aromatic rings. The lowest BCUT2D eigenvalue weighted by atomic mass is 9.88. The normalized spacial score (nSPS) is 18.9. The highest BCUT2D eigenvalue weighted by Crippen LogP contribution is 2.34. The van der Waals surface area contributed by atoms with E-state index in [4.69, 9.17) is 0 Å². The van der Waals surface area contributed by atoms with Crippen LogP contribution in [0.1, 0.15) is 47.2 Å². The maximum atomic E-state index is 13.2. The van der Waals surface area contributed by atoms with Gasteiger partial charge in [-0.2, -0.15) is 0 Å². The predicted molar refractivity (Wildman–Crippen MR) is 108 cm³/mol. The molecule has 28 heavy (non-hydrogen) atoms. The van der Waals surface area contributed by atoms with E-state index in [1.54, 1.807) is 4.90 Å². The summed E-state index contributed by atoms with van der Waals surface area (Å²) < 4.78 is 13.2. The fourth-order valence-electron chi connectivity index (χ4n) is 3.68. The molecule has 2 amide bonds. The second-order valence-electron chi connectivity index (χ2n) is 7.49. The van der Waals surface area contributed by atoms with E-state index in [0.29, 0.717) is 25.2 Å². The monoisotopic (exact) mass is 382 g/mol. The van der Waals surface area contributed by atoms with Gasteiger partial charge in [0.1, 0.15) is 5.82 Å². The Labute approximate surface area is 165 Å². The highest BCUT2D eigenvalue weighted by Gasteiger charge is 2.40. The summed E-state index contributed by atoms with van der Waals surface area (Å²) in [5.74, 6) is -0.881. The third-order valence-electron chi connectivity index (χ3n) is 5.37. The number of hydrogen-bond acceptors (Lipinski definition) is 2. The smallest absolute Gasteiger partial charge is 0.253 e. The number of nitrogens with zero attached hydrogens (tertiary/aromatic N) is 1. The molecule has 0 aromatic heterocycles. The lowest BCUT2D eigenvalue weighted by Gasteiger charge is -2.18. The van der Waals surface area contributed by atoms with Crippen molar-refractivity contribution in [1.29, 1.82) is 0 Å². The fraction of sp³-hybridized carbons (Fsp3) is 0.391. The van der Waals surface area contributed by atoms with Crippen LogP contribution in [0.2, 0.25) is 0 Å². The number of amides is 2. The molecular formula is C23H27FN2O2. The van der Waals surface area contributed by atoms with Crippen LogP contribution in [0.15, 0.2) is 48.5 Å². The molecule has 148 valence electrons. The van der Waals surface area contributed by atoms with E-state index >= 15 is 0 Å². The number of rotatable bonds is 6. The molecule has 1 fully saturated rings. The first-order chi connectivity index (χ1) is 13.5. The average Bonchev–Trinajstić information content (AvgIpc) is 3.14. The molecule has 2 aromatic carbocycles. The second kappa shape index (κ2) is 9.00. The molecule has 5 heteroatoms. The van der Waals surface area contributed by atoms with Crippen molar-refractivity contribution in [3.8, 4) is 0 Å². The summed E-state index contributed by atoms with van der Waals surface area (Å²) in [6.45, 7) is 5.61. The van der Waals surface area contributed by atoms with Crippen LogP contribution in [0.4, 0.5) is 4.39 Å². The summed E-state index contributed by atoms with van der Waals surface area (Å²) >= 11 is 0. The Morgan fingerprint density at radius 3 is 2.39 bits per heavy atom. The van der Waals surface area contributed by atoms with Crippen molar-refractivity contribution in [3.63, 3.8) is 0 Å². The molecule has 1 saturated heterocycles. The minimum Gasteiger partial charge on any atom is -0.356 e. The van der Waals surface area contributed by atoms with Gasteiger partial charge in [0, 0.05) is 31.1 Å². The topological polar surface area (TPSA) is 49.4 Å². The number of carbonyl (C=O) groups excluding carboxylic acids is 2. The van der Waals surface area contributed by atoms with Crippen molar-refractivity contribution in [2.45, 2.75) is 32.6 Å². The Bertz CT molecular complexity index is 818. The number of aryl methyl sites for hydroxylation is 1. The fourth-order valence-corrected chi connectivity index (χ4v) is 3.68. The lowest BCUT2D eigenvalue weighted by Crippen LogP contribution is -2.36. The van der Waals surface area contributed by atoms with E-state index in [1.807, 2.05) is 31.2 Å². The maximum absolute atomic E-state index is 13.2. The van der Waals surface area contributed by atoms with E-state index in [2.05, 4.69) is 12.2 Å². The zero-order valence-electron chi connectivity index (χ0n) is 16.5. The predicted octanol–water partition coefficient (Wildman–Crippen LogP) is 3.91. The summed E-state index contributed by atoms with van der Waals surface area (Å²) in [6.07, 6.45) is 1.95. The first-order valence-electron chi connectivity index (χ1n) is 9.88. The van der Waals surface area contributed by atoms with Crippen molar-refractivity contribution in [3.05, 3.63) is 71.0 Å². The van der Waals surface area contributed by atoms with Crippen LogP contribution in [0.3, 0.4) is 0 Å². The lowest BCUT2D eigenvalue weighted by molar-refractivity contribution is -0.124. The minimum atomic E-state index is -0.372. The van der Waals surface area contributed by atoms with Crippen molar-refractivity contribution >= 4 is 11.8 Å². The van der Waals surface area contributed by atoms with Crippen molar-refractivity contribution < 1.29 is 14.0 Å². The van der Waals surface area contributed by atoms with Crippen LogP contribution >= 0.6 is 0 Å². The van der Waals surface area contributed by atoms with Gasteiger partial charge in [0.25, 0.3) is 5.91 Å². The van der Waals surface area contributed by atoms with Crippen molar-refractivity contribution in [1.82, 2.24) is 10.2 Å². The SMILES string of the molecule is CCCCNC(=O)C1CN(C(=O)c2ccc(F)cc2)CC1c1ccc(C)cc1. The van der Waals surface area contributed by atoms with E-state index in [0.717, 1.165) is 24.0 Å². The van der Waals surface area contributed by atoms with Crippen molar-refractivity contribution in [2.24, 2.45) is 5.92 Å². The van der Waals surface area contributed by atoms with Crippen LogP contribution in [0.5, 0.6) is 0 Å². The largest absolute Gasteiger partial charge is 0.356 e. The third kappa shape index (κ3) is 4.58. The highest BCUT2D eigenvalue weighted by molar-refractivity contribution is 5.95. The molecular weight excluding hydrogens is 355 g/mol. The summed E-state index contributed by atoms with van der Waals surface area (Å²) in [6, 6.07) is 13.7. The first kappa shape index (κ1) is 20.1. The van der Waals surface area contributed by atoms with Crippen molar-refractivity contribution in [2.75, 3.05) is 19.6 Å². The molecule has 2 unspecified atom stereocenters. The maximum Gasteiger partial charge on any atom is 0.253 e. The quantitative estimate of drug-likeness (QED) is 0.770. The van der Waals surface area contributed by atoms with Gasteiger partial charge in [-0.15, -0.1) is 0 Å². The number of hydrogen-bond donors (Lipinski definition) is 1. The number of halogens is 1. The number of likely N-dealkylation sites (tertiary alicyclic amines) is 1. The van der Waals surface area contributed by atoms with E-state index in [9.17, 15) is 14.0 Å². The highest BCUT2D eigenvalue weighted by atomic mass is 19.1. The van der Waals surface area contributed by atoms with Gasteiger partial charge < -0.3 is 10.2 Å². The van der Waals surface area contributed by atoms with Crippen LogP contribution in [0, 0.1) is 18.7 Å². The van der Waals surface area contributed by atoms with Crippen LogP contribution in [-0.4, -0.2) is 36.3 Å². The molecule has 1 heterocycles. The minimum absolute atomic E-state index is 0.00608. The molecule has 0 radical (unpaired) electrons. The van der Waals surface area contributed by atoms with Gasteiger partial charge in [0.15, 0.2) is 0 Å². The van der Waals surface area contributed by atoms with Gasteiger partial charge in [-0.05, 0) is 43.2 Å². The third-order valence-corrected chi connectivity index (χ3v) is 5.37. The first-order valence-corrected chi connectivity index (χ1v) is 9.88. The zero-order chi connectivity index (χ0) is 20.1. The molecule has 1 N–H and O–H groups in total. The molecule has 0 bridgehead atoms. The van der Waals surface area contributed by atoms with Gasteiger partial charge in [-0.1, -0.05) is 43.2 Å². The summed E-state index contributed by atoms with van der Waals surface area (Å²) in [5, 5.41) is 3.02. The Kier molecular flexibility index (Phi) is 6.45. The van der Waals surface area contributed by atoms with Gasteiger partial charge in [-0.25, -0.2) is 4.39 Å². The molecule has 3 rings (SSSR count). The van der Waals surface area contributed by atoms with Crippen LogP contribution in [-0.2, 0) is 4.79 Å². The van der Waals surface area contributed by atoms with Gasteiger partial charge >= 0.3 is 0 Å². The molecule has 1 aliphatic heterocycles. The van der Waals surface area contributed by atoms with Crippen LogP contribution < -0.4 is 5.32 Å². The Morgan fingerprint density at radius 2 is 1.75 bits per heavy atom. The van der Waals surface area contributed by atoms with Gasteiger partial charge in [-0.3, -0.25) is 9.59 Å². The molecule has 0 saturated carbocycles. The zero-order valence-corrected chi connectivity index (χ0v) is 16.5. The molecule has 2 atom stereocenters. The summed E-state index contributed by atoms with van der Waals surface area (Å²) in [4.78, 5) is 27.4. The number of carbonyl (C=O) groups is 2. The van der Waals surface area contributed by atoms with Crippen LogP contribution in [0.25, 0.3) is 0 Å². The molecule has 0 aliphatic carbocycles. The Hall–Kier alpha value is -2.69. The Balaban J connectivity index is 1.81. The van der Waals surface area contributed by atoms with Gasteiger partial charge in [0.2, 0.25) is 5.91 Å². The molecule has 1 aliphatic rings. The summed E-state index contributed by atoms with van der Waals surface area (Å²) in [7, 11) is 0. The van der Waals surface area contributed by atoms with E-state index in [-0.39, 0.29) is 29.5 Å². The number of benzene rings is 2. The molecule has 0 spiro atoms. The Morgan fingerprint density at radius 1 is 1.07 bits per heavy atom. The number of unbranched alkanes of at least 4 members (excludes halogenated alkanes) is 1. The number of nitrogens with one attached hydrogen (secondary N) is 1. The summed E-state index contributed by atoms with van der Waals surface area (Å²) in [5.41, 5.74) is 2.66. The molecule has 4 nitrogen and oxygen atoms in total. The standard InChI is InChI=1S/C23H27FN2O2/c1-3-4-13-25-22(27)21-15-26(23(28)18-9-11-19(24)12-10-18)14-20(21)17-7-5-16(2)6-8-17/h5-12,20-21H,3-4,13-15H2,1-2H3,(H,25,27). The average molecular weight is 382 g/mol.